The van der Waals surface area contributed by atoms with Crippen LogP contribution in [0.1, 0.15) is 43.0 Å². The summed E-state index contributed by atoms with van der Waals surface area (Å²) < 4.78 is 5.63. The van der Waals surface area contributed by atoms with Crippen molar-refractivity contribution in [3.05, 3.63) is 29.8 Å². The molecule has 1 atom stereocenters. The molecule has 2 rings (SSSR count). The lowest BCUT2D eigenvalue weighted by Crippen LogP contribution is -2.46. The average Bonchev–Trinajstić information content (AvgIpc) is 2.59. The summed E-state index contributed by atoms with van der Waals surface area (Å²) in [5.41, 5.74) is 0.678. The monoisotopic (exact) mass is 318 g/mol. The van der Waals surface area contributed by atoms with Gasteiger partial charge in [0.1, 0.15) is 5.75 Å². The highest BCUT2D eigenvalue weighted by atomic mass is 16.5. The van der Waals surface area contributed by atoms with Crippen molar-refractivity contribution in [1.29, 1.82) is 0 Å². The van der Waals surface area contributed by atoms with E-state index in [9.17, 15) is 9.59 Å². The third-order valence-electron chi connectivity index (χ3n) is 4.25. The lowest BCUT2D eigenvalue weighted by atomic mass is 10.1. The van der Waals surface area contributed by atoms with Crippen LogP contribution in [0.4, 0.5) is 0 Å². The molecule has 0 bridgehead atoms. The fourth-order valence-electron chi connectivity index (χ4n) is 2.80. The number of benzene rings is 1. The number of rotatable bonds is 7. The number of hydrogen-bond acceptors (Lipinski definition) is 4. The fourth-order valence-corrected chi connectivity index (χ4v) is 2.80. The third kappa shape index (κ3) is 5.36. The summed E-state index contributed by atoms with van der Waals surface area (Å²) in [5.74, 6) is 0.986. The van der Waals surface area contributed by atoms with Gasteiger partial charge in [-0.2, -0.15) is 0 Å². The van der Waals surface area contributed by atoms with Gasteiger partial charge < -0.3 is 15.0 Å². The number of likely N-dealkylation sites (tertiary alicyclic amines) is 1. The maximum Gasteiger partial charge on any atom is 0.222 e. The maximum absolute atomic E-state index is 12.2. The summed E-state index contributed by atoms with van der Waals surface area (Å²) in [7, 11) is 1.95. The molecule has 1 unspecified atom stereocenters. The van der Waals surface area contributed by atoms with Crippen LogP contribution in [0.3, 0.4) is 0 Å². The average molecular weight is 318 g/mol. The SMILES string of the molecule is CNC1CCCN(C(=O)CCCOc2ccc(C(C)=O)cc2)C1. The van der Waals surface area contributed by atoms with E-state index in [0.29, 0.717) is 31.1 Å². The normalized spacial score (nSPS) is 17.8. The van der Waals surface area contributed by atoms with Crippen molar-refractivity contribution in [2.75, 3.05) is 26.7 Å². The van der Waals surface area contributed by atoms with Crippen molar-refractivity contribution in [2.24, 2.45) is 0 Å². The molecule has 5 nitrogen and oxygen atoms in total. The molecule has 1 aliphatic rings. The summed E-state index contributed by atoms with van der Waals surface area (Å²) >= 11 is 0. The van der Waals surface area contributed by atoms with E-state index in [0.717, 1.165) is 31.7 Å². The number of nitrogens with one attached hydrogen (secondary N) is 1. The Bertz CT molecular complexity index is 528. The van der Waals surface area contributed by atoms with Crippen LogP contribution in [0, 0.1) is 0 Å². The van der Waals surface area contributed by atoms with Crippen LogP contribution in [-0.2, 0) is 4.79 Å². The summed E-state index contributed by atoms with van der Waals surface area (Å²) in [6.45, 7) is 3.72. The van der Waals surface area contributed by atoms with Gasteiger partial charge in [0.05, 0.1) is 6.61 Å². The molecule has 1 amide bonds. The van der Waals surface area contributed by atoms with E-state index < -0.39 is 0 Å². The highest BCUT2D eigenvalue weighted by molar-refractivity contribution is 5.94. The Kier molecular flexibility index (Phi) is 6.59. The van der Waals surface area contributed by atoms with E-state index in [1.807, 2.05) is 11.9 Å². The Balaban J connectivity index is 1.68. The van der Waals surface area contributed by atoms with E-state index in [1.165, 1.54) is 0 Å². The molecule has 1 aromatic carbocycles. The second kappa shape index (κ2) is 8.67. The number of ether oxygens (including phenoxy) is 1. The predicted molar refractivity (Wildman–Crippen MR) is 89.8 cm³/mol. The van der Waals surface area contributed by atoms with Gasteiger partial charge in [-0.05, 0) is 57.5 Å². The molecule has 1 heterocycles. The van der Waals surface area contributed by atoms with Crippen LogP contribution < -0.4 is 10.1 Å². The number of Topliss-reactive ketones (excluding diaryl/α,β-unsaturated/α-hetero) is 1. The van der Waals surface area contributed by atoms with E-state index in [2.05, 4.69) is 5.32 Å². The number of amides is 1. The molecule has 1 fully saturated rings. The number of ketones is 1. The van der Waals surface area contributed by atoms with Gasteiger partial charge in [-0.3, -0.25) is 9.59 Å². The quantitative estimate of drug-likeness (QED) is 0.619. The molecule has 0 saturated carbocycles. The first-order valence-corrected chi connectivity index (χ1v) is 8.29. The third-order valence-corrected chi connectivity index (χ3v) is 4.25. The van der Waals surface area contributed by atoms with Crippen molar-refractivity contribution in [1.82, 2.24) is 10.2 Å². The number of piperidine rings is 1. The smallest absolute Gasteiger partial charge is 0.222 e. The van der Waals surface area contributed by atoms with Gasteiger partial charge >= 0.3 is 0 Å². The van der Waals surface area contributed by atoms with Gasteiger partial charge in [0, 0.05) is 31.1 Å². The predicted octanol–water partition coefficient (Wildman–Crippen LogP) is 2.26. The molecular formula is C18H26N2O3. The number of carbonyl (C=O) groups excluding carboxylic acids is 2. The fraction of sp³-hybridized carbons (Fsp3) is 0.556. The highest BCUT2D eigenvalue weighted by Crippen LogP contribution is 2.14. The molecule has 0 spiro atoms. The van der Waals surface area contributed by atoms with E-state index in [4.69, 9.17) is 4.74 Å². The Morgan fingerprint density at radius 1 is 1.30 bits per heavy atom. The van der Waals surface area contributed by atoms with Crippen molar-refractivity contribution in [2.45, 2.75) is 38.6 Å². The number of nitrogens with zero attached hydrogens (tertiary/aromatic N) is 1. The molecule has 23 heavy (non-hydrogen) atoms. The second-order valence-electron chi connectivity index (χ2n) is 6.00. The first-order chi connectivity index (χ1) is 11.1. The zero-order chi connectivity index (χ0) is 16.7. The molecule has 1 aromatic rings. The van der Waals surface area contributed by atoms with Gasteiger partial charge in [-0.1, -0.05) is 0 Å². The van der Waals surface area contributed by atoms with Gasteiger partial charge in [-0.15, -0.1) is 0 Å². The van der Waals surface area contributed by atoms with Crippen molar-refractivity contribution >= 4 is 11.7 Å². The molecule has 1 saturated heterocycles. The van der Waals surface area contributed by atoms with Crippen LogP contribution in [0.15, 0.2) is 24.3 Å². The van der Waals surface area contributed by atoms with Gasteiger partial charge in [-0.25, -0.2) is 0 Å². The minimum atomic E-state index is 0.0450. The molecule has 5 heteroatoms. The van der Waals surface area contributed by atoms with E-state index in [1.54, 1.807) is 31.2 Å². The van der Waals surface area contributed by atoms with Crippen molar-refractivity contribution in [3.8, 4) is 5.75 Å². The minimum absolute atomic E-state index is 0.0450. The Morgan fingerprint density at radius 2 is 2.04 bits per heavy atom. The molecule has 0 aliphatic carbocycles. The zero-order valence-electron chi connectivity index (χ0n) is 14.0. The van der Waals surface area contributed by atoms with E-state index in [-0.39, 0.29) is 11.7 Å². The maximum atomic E-state index is 12.2. The van der Waals surface area contributed by atoms with Crippen molar-refractivity contribution in [3.63, 3.8) is 0 Å². The molecule has 0 aromatic heterocycles. The number of carbonyl (C=O) groups is 2. The van der Waals surface area contributed by atoms with Crippen LogP contribution in [-0.4, -0.2) is 49.4 Å². The van der Waals surface area contributed by atoms with Crippen LogP contribution >= 0.6 is 0 Å². The van der Waals surface area contributed by atoms with Crippen molar-refractivity contribution < 1.29 is 14.3 Å². The Labute approximate surface area is 138 Å². The lowest BCUT2D eigenvalue weighted by molar-refractivity contribution is -0.132. The van der Waals surface area contributed by atoms with Crippen LogP contribution in [0.25, 0.3) is 0 Å². The Hall–Kier alpha value is -1.88. The second-order valence-corrected chi connectivity index (χ2v) is 6.00. The number of likely N-dealkylation sites (N-methyl/N-ethyl adjacent to an activating group) is 1. The molecule has 1 aliphatic heterocycles. The minimum Gasteiger partial charge on any atom is -0.494 e. The van der Waals surface area contributed by atoms with Gasteiger partial charge in [0.15, 0.2) is 5.78 Å². The zero-order valence-corrected chi connectivity index (χ0v) is 14.0. The van der Waals surface area contributed by atoms with Gasteiger partial charge in [0.25, 0.3) is 0 Å². The standard InChI is InChI=1S/C18H26N2O3/c1-14(21)15-7-9-17(10-8-15)23-12-4-6-18(22)20-11-3-5-16(13-20)19-2/h7-10,16,19H,3-6,11-13H2,1-2H3. The molecule has 0 radical (unpaired) electrons. The largest absolute Gasteiger partial charge is 0.494 e. The first-order valence-electron chi connectivity index (χ1n) is 8.29. The van der Waals surface area contributed by atoms with Crippen LogP contribution in [0.5, 0.6) is 5.75 Å². The molecular weight excluding hydrogens is 292 g/mol. The summed E-state index contributed by atoms with van der Waals surface area (Å²) in [4.78, 5) is 25.3. The molecule has 126 valence electrons. The van der Waals surface area contributed by atoms with Crippen LogP contribution in [0.2, 0.25) is 0 Å². The number of hydrogen-bond donors (Lipinski definition) is 1. The first kappa shape index (κ1) is 17.5. The Morgan fingerprint density at radius 3 is 2.70 bits per heavy atom. The van der Waals surface area contributed by atoms with E-state index >= 15 is 0 Å². The lowest BCUT2D eigenvalue weighted by Gasteiger charge is -2.32. The summed E-state index contributed by atoms with van der Waals surface area (Å²) in [6.07, 6.45) is 3.42. The van der Waals surface area contributed by atoms with Gasteiger partial charge in [0.2, 0.25) is 5.91 Å². The molecule has 1 N–H and O–H groups in total. The topological polar surface area (TPSA) is 58.6 Å². The highest BCUT2D eigenvalue weighted by Gasteiger charge is 2.21. The summed E-state index contributed by atoms with van der Waals surface area (Å²) in [6, 6.07) is 7.52. The summed E-state index contributed by atoms with van der Waals surface area (Å²) in [5, 5.41) is 3.25.